The lowest BCUT2D eigenvalue weighted by atomic mass is 10.1. The summed E-state index contributed by atoms with van der Waals surface area (Å²) >= 11 is 23.2. The number of rotatable bonds is 6. The molecule has 0 aliphatic carbocycles. The summed E-state index contributed by atoms with van der Waals surface area (Å²) < 4.78 is 3.21. The zero-order valence-corrected chi connectivity index (χ0v) is 18.8. The van der Waals surface area contributed by atoms with Crippen LogP contribution in [0.5, 0.6) is 5.75 Å². The van der Waals surface area contributed by atoms with Gasteiger partial charge in [0.1, 0.15) is 11.9 Å². The summed E-state index contributed by atoms with van der Waals surface area (Å²) in [6.07, 6.45) is -1.21. The minimum Gasteiger partial charge on any atom is -0.495 e. The van der Waals surface area contributed by atoms with Crippen LogP contribution in [-0.4, -0.2) is 33.0 Å². The number of carbonyl (C=O) groups excluding carboxylic acids is 1. The van der Waals surface area contributed by atoms with E-state index in [0.29, 0.717) is 11.3 Å². The van der Waals surface area contributed by atoms with Gasteiger partial charge in [0.2, 0.25) is 3.79 Å². The van der Waals surface area contributed by atoms with Crippen LogP contribution < -0.4 is 20.7 Å². The Morgan fingerprint density at radius 3 is 2.43 bits per heavy atom. The van der Waals surface area contributed by atoms with E-state index < -0.39 is 20.8 Å². The molecule has 0 aliphatic rings. The molecule has 8 nitrogen and oxygen atoms in total. The number of nitro groups is 1. The van der Waals surface area contributed by atoms with Crippen molar-refractivity contribution in [1.29, 1.82) is 0 Å². The highest BCUT2D eigenvalue weighted by molar-refractivity contribution is 7.80. The number of nitrogens with one attached hydrogen (secondary N) is 3. The number of ether oxygens (including phenoxy) is 1. The van der Waals surface area contributed by atoms with Gasteiger partial charge in [0, 0.05) is 17.7 Å². The number of hydrogen-bond acceptors (Lipinski definition) is 5. The van der Waals surface area contributed by atoms with Crippen LogP contribution in [-0.2, 0) is 0 Å². The second-order valence-electron chi connectivity index (χ2n) is 6.00. The lowest BCUT2D eigenvalue weighted by Gasteiger charge is -2.28. The second-order valence-corrected chi connectivity index (χ2v) is 8.78. The van der Waals surface area contributed by atoms with Crippen LogP contribution in [0.4, 0.5) is 11.4 Å². The fourth-order valence-corrected chi connectivity index (χ4v) is 2.99. The van der Waals surface area contributed by atoms with Crippen molar-refractivity contribution in [3.8, 4) is 5.75 Å². The van der Waals surface area contributed by atoms with Gasteiger partial charge in [-0.25, -0.2) is 0 Å². The highest BCUT2D eigenvalue weighted by atomic mass is 35.6. The number of thiocarbonyl (C=S) groups is 1. The molecule has 0 fully saturated rings. The van der Waals surface area contributed by atoms with E-state index in [0.717, 1.165) is 5.56 Å². The van der Waals surface area contributed by atoms with Crippen LogP contribution in [0.2, 0.25) is 0 Å². The first-order valence-corrected chi connectivity index (χ1v) is 9.90. The number of benzene rings is 2. The molecule has 2 rings (SSSR count). The van der Waals surface area contributed by atoms with E-state index in [1.807, 2.05) is 0 Å². The van der Waals surface area contributed by atoms with E-state index in [1.54, 1.807) is 31.2 Å². The molecule has 1 amide bonds. The van der Waals surface area contributed by atoms with Crippen molar-refractivity contribution in [1.82, 2.24) is 10.6 Å². The molecule has 0 spiro atoms. The molecule has 0 aromatic heterocycles. The lowest BCUT2D eigenvalue weighted by Crippen LogP contribution is -2.56. The Morgan fingerprint density at radius 2 is 1.87 bits per heavy atom. The van der Waals surface area contributed by atoms with Crippen molar-refractivity contribution in [2.24, 2.45) is 0 Å². The first-order chi connectivity index (χ1) is 14.0. The van der Waals surface area contributed by atoms with Gasteiger partial charge in [-0.3, -0.25) is 14.9 Å². The number of alkyl halides is 3. The first-order valence-electron chi connectivity index (χ1n) is 8.36. The molecule has 0 radical (unpaired) electrons. The average molecular weight is 492 g/mol. The van der Waals surface area contributed by atoms with Gasteiger partial charge in [0.25, 0.3) is 11.6 Å². The Balaban J connectivity index is 2.19. The van der Waals surface area contributed by atoms with Gasteiger partial charge >= 0.3 is 0 Å². The summed E-state index contributed by atoms with van der Waals surface area (Å²) in [7, 11) is 1.40. The van der Waals surface area contributed by atoms with Crippen molar-refractivity contribution in [2.45, 2.75) is 16.9 Å². The Kier molecular flexibility index (Phi) is 8.08. The van der Waals surface area contributed by atoms with E-state index in [9.17, 15) is 14.9 Å². The molecule has 0 saturated carbocycles. The number of aryl methyl sites for hydroxylation is 1. The molecule has 0 heterocycles. The molecule has 2 aromatic rings. The monoisotopic (exact) mass is 490 g/mol. The van der Waals surface area contributed by atoms with Gasteiger partial charge in [-0.2, -0.15) is 0 Å². The molecule has 1 atom stereocenters. The number of nitro benzene ring substituents is 1. The molecule has 0 bridgehead atoms. The van der Waals surface area contributed by atoms with Crippen LogP contribution >= 0.6 is 47.0 Å². The van der Waals surface area contributed by atoms with Crippen LogP contribution in [0.15, 0.2) is 42.5 Å². The third kappa shape index (κ3) is 6.33. The lowest BCUT2D eigenvalue weighted by molar-refractivity contribution is -0.384. The van der Waals surface area contributed by atoms with E-state index in [4.69, 9.17) is 51.8 Å². The van der Waals surface area contributed by atoms with Gasteiger partial charge in [-0.15, -0.1) is 0 Å². The highest BCUT2D eigenvalue weighted by Gasteiger charge is 2.35. The van der Waals surface area contributed by atoms with Crippen LogP contribution in [0, 0.1) is 17.0 Å². The largest absolute Gasteiger partial charge is 0.495 e. The molecular formula is C18H17Cl3N4O4S. The van der Waals surface area contributed by atoms with Crippen molar-refractivity contribution >= 4 is 69.4 Å². The Morgan fingerprint density at radius 1 is 1.20 bits per heavy atom. The number of carbonyl (C=O) groups is 1. The molecular weight excluding hydrogens is 475 g/mol. The van der Waals surface area contributed by atoms with E-state index in [-0.39, 0.29) is 16.5 Å². The molecule has 0 aliphatic heterocycles. The topological polar surface area (TPSA) is 106 Å². The number of methoxy groups -OCH3 is 1. The average Bonchev–Trinajstić information content (AvgIpc) is 2.66. The number of anilines is 1. The fourth-order valence-electron chi connectivity index (χ4n) is 2.43. The number of halogens is 3. The SMILES string of the molecule is COc1ccc([N+](=O)[O-])cc1NC(=S)N[C@@H](NC(=O)c1ccccc1C)C(Cl)(Cl)Cl. The molecule has 0 unspecified atom stereocenters. The number of non-ortho nitro benzene ring substituents is 1. The van der Waals surface area contributed by atoms with Crippen LogP contribution in [0.3, 0.4) is 0 Å². The molecule has 0 saturated heterocycles. The fraction of sp³-hybridized carbons (Fsp3) is 0.222. The van der Waals surface area contributed by atoms with Crippen molar-refractivity contribution < 1.29 is 14.5 Å². The van der Waals surface area contributed by atoms with Crippen molar-refractivity contribution in [3.63, 3.8) is 0 Å². The summed E-state index contributed by atoms with van der Waals surface area (Å²) in [5, 5.41) is 19.0. The standard InChI is InChI=1S/C18H17Cl3N4O4S/c1-10-5-3-4-6-12(10)15(26)23-16(18(19,20)21)24-17(30)22-13-9-11(25(27)28)7-8-14(13)29-2/h3-9,16H,1-2H3,(H,23,26)(H2,22,24,30)/t16-/m1/s1. The first kappa shape index (κ1) is 23.9. The van der Waals surface area contributed by atoms with Crippen molar-refractivity contribution in [2.75, 3.05) is 12.4 Å². The number of amides is 1. The number of hydrogen-bond donors (Lipinski definition) is 3. The van der Waals surface area contributed by atoms with E-state index >= 15 is 0 Å². The summed E-state index contributed by atoms with van der Waals surface area (Å²) in [5.41, 5.74) is 1.18. The van der Waals surface area contributed by atoms with Gasteiger partial charge < -0.3 is 20.7 Å². The van der Waals surface area contributed by atoms with E-state index in [2.05, 4.69) is 16.0 Å². The Labute approximate surface area is 193 Å². The predicted octanol–water partition coefficient (Wildman–Crippen LogP) is 4.32. The summed E-state index contributed by atoms with van der Waals surface area (Å²) in [6.45, 7) is 1.77. The molecule has 30 heavy (non-hydrogen) atoms. The van der Waals surface area contributed by atoms with Crippen LogP contribution in [0.1, 0.15) is 15.9 Å². The van der Waals surface area contributed by atoms with Gasteiger partial charge in [-0.1, -0.05) is 53.0 Å². The second kappa shape index (κ2) is 10.1. The smallest absolute Gasteiger partial charge is 0.271 e. The summed E-state index contributed by atoms with van der Waals surface area (Å²) in [6, 6.07) is 10.8. The molecule has 12 heteroatoms. The normalized spacial score (nSPS) is 11.9. The summed E-state index contributed by atoms with van der Waals surface area (Å²) in [5.74, 6) is -0.174. The van der Waals surface area contributed by atoms with E-state index in [1.165, 1.54) is 25.3 Å². The highest BCUT2D eigenvalue weighted by Crippen LogP contribution is 2.31. The van der Waals surface area contributed by atoms with Gasteiger partial charge in [0.05, 0.1) is 17.7 Å². The Hall–Kier alpha value is -2.33. The maximum Gasteiger partial charge on any atom is 0.271 e. The maximum atomic E-state index is 12.6. The van der Waals surface area contributed by atoms with Gasteiger partial charge in [-0.05, 0) is 36.8 Å². The van der Waals surface area contributed by atoms with Crippen LogP contribution in [0.25, 0.3) is 0 Å². The Bertz CT molecular complexity index is 969. The summed E-state index contributed by atoms with van der Waals surface area (Å²) in [4.78, 5) is 23.1. The third-order valence-corrected chi connectivity index (χ3v) is 4.78. The zero-order valence-electron chi connectivity index (χ0n) is 15.7. The van der Waals surface area contributed by atoms with Crippen molar-refractivity contribution in [3.05, 3.63) is 63.7 Å². The molecule has 3 N–H and O–H groups in total. The maximum absolute atomic E-state index is 12.6. The zero-order chi connectivity index (χ0) is 22.5. The molecule has 2 aromatic carbocycles. The number of nitrogens with zero attached hydrogens (tertiary/aromatic N) is 1. The minimum atomic E-state index is -1.96. The predicted molar refractivity (Wildman–Crippen MR) is 122 cm³/mol. The van der Waals surface area contributed by atoms with Gasteiger partial charge in [0.15, 0.2) is 5.11 Å². The third-order valence-electron chi connectivity index (χ3n) is 3.91. The minimum absolute atomic E-state index is 0.0600. The quantitative estimate of drug-likeness (QED) is 0.182. The molecule has 160 valence electrons.